The molecule has 0 N–H and O–H groups in total. The van der Waals surface area contributed by atoms with Crippen LogP contribution in [0, 0.1) is 0 Å². The summed E-state index contributed by atoms with van der Waals surface area (Å²) in [7, 11) is 0. The van der Waals surface area contributed by atoms with Crippen LogP contribution in [0.1, 0.15) is 13.3 Å². The molecule has 0 nitrogen and oxygen atoms in total. The van der Waals surface area contributed by atoms with E-state index in [-0.39, 0.29) is 19.1 Å². The SMILES string of the molecule is C=C(Cl)C(F)(F)F.CCCF.Cl. The van der Waals surface area contributed by atoms with Crippen LogP contribution in [0.3, 0.4) is 0 Å². The average molecular weight is 229 g/mol. The van der Waals surface area contributed by atoms with Gasteiger partial charge in [0.05, 0.1) is 6.67 Å². The molecule has 6 heteroatoms. The van der Waals surface area contributed by atoms with Crippen LogP contribution in [-0.4, -0.2) is 12.9 Å². The van der Waals surface area contributed by atoms with Crippen molar-refractivity contribution < 1.29 is 17.6 Å². The minimum absolute atomic E-state index is 0. The van der Waals surface area contributed by atoms with E-state index >= 15 is 0 Å². The van der Waals surface area contributed by atoms with Crippen LogP contribution >= 0.6 is 24.0 Å². The van der Waals surface area contributed by atoms with Gasteiger partial charge in [-0.25, -0.2) is 0 Å². The van der Waals surface area contributed by atoms with Crippen LogP contribution < -0.4 is 0 Å². The van der Waals surface area contributed by atoms with Crippen molar-refractivity contribution in [2.75, 3.05) is 6.67 Å². The maximum Gasteiger partial charge on any atom is 0.426 e. The molecule has 0 saturated carbocycles. The topological polar surface area (TPSA) is 0 Å². The maximum absolute atomic E-state index is 10.9. The first-order valence-electron chi connectivity index (χ1n) is 2.83. The van der Waals surface area contributed by atoms with Gasteiger partial charge < -0.3 is 0 Å². The van der Waals surface area contributed by atoms with Gasteiger partial charge >= 0.3 is 6.18 Å². The summed E-state index contributed by atoms with van der Waals surface area (Å²) < 4.78 is 43.6. The van der Waals surface area contributed by atoms with Crippen molar-refractivity contribution in [2.45, 2.75) is 19.5 Å². The van der Waals surface area contributed by atoms with Crippen molar-refractivity contribution in [1.29, 1.82) is 0 Å². The Kier molecular flexibility index (Phi) is 13.7. The molecule has 0 aliphatic rings. The number of alkyl halides is 4. The molecule has 76 valence electrons. The summed E-state index contributed by atoms with van der Waals surface area (Å²) in [6, 6.07) is 0. The van der Waals surface area contributed by atoms with Gasteiger partial charge in [-0.1, -0.05) is 25.1 Å². The Labute approximate surface area is 80.0 Å². The molecule has 0 saturated heterocycles. The van der Waals surface area contributed by atoms with E-state index in [0.29, 0.717) is 6.42 Å². The van der Waals surface area contributed by atoms with Crippen LogP contribution in [0.2, 0.25) is 0 Å². The van der Waals surface area contributed by atoms with Gasteiger partial charge in [0.1, 0.15) is 5.03 Å². The van der Waals surface area contributed by atoms with Crippen molar-refractivity contribution >= 4 is 24.0 Å². The molecule has 12 heavy (non-hydrogen) atoms. The largest absolute Gasteiger partial charge is 0.426 e. The Balaban J connectivity index is -0.000000142. The molecule has 0 aliphatic heterocycles. The number of allylic oxidation sites excluding steroid dienone is 1. The summed E-state index contributed by atoms with van der Waals surface area (Å²) in [5.74, 6) is 0. The summed E-state index contributed by atoms with van der Waals surface area (Å²) in [6.07, 6.45) is -3.78. The van der Waals surface area contributed by atoms with E-state index < -0.39 is 11.2 Å². The molecule has 0 aromatic carbocycles. The van der Waals surface area contributed by atoms with E-state index in [9.17, 15) is 17.6 Å². The zero-order valence-corrected chi connectivity index (χ0v) is 7.99. The second kappa shape index (κ2) is 9.13. The molecule has 0 unspecified atom stereocenters. The zero-order valence-electron chi connectivity index (χ0n) is 6.42. The van der Waals surface area contributed by atoms with Crippen LogP contribution in [0.4, 0.5) is 17.6 Å². The fraction of sp³-hybridized carbons (Fsp3) is 0.667. The van der Waals surface area contributed by atoms with Gasteiger partial charge in [0, 0.05) is 0 Å². The van der Waals surface area contributed by atoms with Crippen LogP contribution in [0.5, 0.6) is 0 Å². The number of halogens is 6. The molecule has 0 aromatic rings. The van der Waals surface area contributed by atoms with Crippen molar-refractivity contribution in [3.05, 3.63) is 11.6 Å². The normalized spacial score (nSPS) is 9.17. The quantitative estimate of drug-likeness (QED) is 0.594. The third kappa shape index (κ3) is 16.6. The van der Waals surface area contributed by atoms with Gasteiger partial charge in [-0.15, -0.1) is 12.4 Å². The highest BCUT2D eigenvalue weighted by Gasteiger charge is 2.30. The average Bonchev–Trinajstić information content (AvgIpc) is 1.87. The first kappa shape index (κ1) is 18.0. The minimum Gasteiger partial charge on any atom is -0.251 e. The Morgan fingerprint density at radius 3 is 1.58 bits per heavy atom. The van der Waals surface area contributed by atoms with E-state index in [1.165, 1.54) is 0 Å². The van der Waals surface area contributed by atoms with E-state index in [0.717, 1.165) is 0 Å². The third-order valence-corrected chi connectivity index (χ3v) is 0.711. The fourth-order valence-corrected chi connectivity index (χ4v) is 0. The molecule has 0 bridgehead atoms. The maximum atomic E-state index is 10.9. The van der Waals surface area contributed by atoms with Crippen LogP contribution in [0.15, 0.2) is 11.6 Å². The summed E-state index contributed by atoms with van der Waals surface area (Å²) in [4.78, 5) is 0. The van der Waals surface area contributed by atoms with Gasteiger partial charge in [0.2, 0.25) is 0 Å². The molecular weight excluding hydrogens is 219 g/mol. The Morgan fingerprint density at radius 1 is 1.42 bits per heavy atom. The Hall–Kier alpha value is 0.0400. The van der Waals surface area contributed by atoms with E-state index in [4.69, 9.17) is 0 Å². The Bertz CT molecular complexity index is 109. The van der Waals surface area contributed by atoms with Crippen LogP contribution in [-0.2, 0) is 0 Å². The highest BCUT2D eigenvalue weighted by atomic mass is 35.5. The second-order valence-corrected chi connectivity index (χ2v) is 2.05. The van der Waals surface area contributed by atoms with Crippen molar-refractivity contribution in [1.82, 2.24) is 0 Å². The summed E-state index contributed by atoms with van der Waals surface area (Å²) in [5, 5.41) is -1.28. The van der Waals surface area contributed by atoms with E-state index in [1.807, 2.05) is 0 Å². The molecule has 0 rings (SSSR count). The molecule has 0 radical (unpaired) electrons. The molecule has 0 spiro atoms. The zero-order chi connectivity index (χ0) is 9.49. The Morgan fingerprint density at radius 2 is 1.58 bits per heavy atom. The second-order valence-electron chi connectivity index (χ2n) is 1.59. The smallest absolute Gasteiger partial charge is 0.251 e. The van der Waals surface area contributed by atoms with Gasteiger partial charge in [-0.3, -0.25) is 4.39 Å². The lowest BCUT2D eigenvalue weighted by Crippen LogP contribution is -2.04. The first-order chi connectivity index (χ1) is 4.86. The standard InChI is InChI=1S/C3H2ClF3.C3H7F.ClH/c1-2(4)3(5,6)7;1-2-3-4;/h1H2;2-3H2,1H3;1H. The number of hydrogen-bond acceptors (Lipinski definition) is 0. The molecular formula is C6H10Cl2F4. The lowest BCUT2D eigenvalue weighted by Gasteiger charge is -1.98. The highest BCUT2D eigenvalue weighted by molar-refractivity contribution is 6.29. The third-order valence-electron chi connectivity index (χ3n) is 0.497. The fourth-order valence-electron chi connectivity index (χ4n) is 0. The lowest BCUT2D eigenvalue weighted by molar-refractivity contribution is -0.0841. The molecule has 0 atom stereocenters. The van der Waals surface area contributed by atoms with Crippen molar-refractivity contribution in [3.8, 4) is 0 Å². The van der Waals surface area contributed by atoms with Crippen molar-refractivity contribution in [3.63, 3.8) is 0 Å². The summed E-state index contributed by atoms with van der Waals surface area (Å²) in [5.41, 5.74) is 0. The summed E-state index contributed by atoms with van der Waals surface area (Å²) >= 11 is 4.43. The molecule has 0 heterocycles. The highest BCUT2D eigenvalue weighted by Crippen LogP contribution is 2.26. The van der Waals surface area contributed by atoms with Crippen molar-refractivity contribution in [2.24, 2.45) is 0 Å². The van der Waals surface area contributed by atoms with Gasteiger partial charge in [-0.2, -0.15) is 13.2 Å². The van der Waals surface area contributed by atoms with Gasteiger partial charge in [0.15, 0.2) is 0 Å². The molecule has 0 amide bonds. The predicted molar refractivity (Wildman–Crippen MR) is 44.6 cm³/mol. The van der Waals surface area contributed by atoms with Crippen LogP contribution in [0.25, 0.3) is 0 Å². The minimum atomic E-state index is -4.43. The van der Waals surface area contributed by atoms with E-state index in [2.05, 4.69) is 18.2 Å². The summed E-state index contributed by atoms with van der Waals surface area (Å²) in [6.45, 7) is 4.09. The van der Waals surface area contributed by atoms with Gasteiger partial charge in [-0.05, 0) is 6.42 Å². The monoisotopic (exact) mass is 228 g/mol. The molecule has 0 aliphatic carbocycles. The lowest BCUT2D eigenvalue weighted by atomic mass is 10.6. The number of rotatable bonds is 1. The van der Waals surface area contributed by atoms with E-state index in [1.54, 1.807) is 6.92 Å². The van der Waals surface area contributed by atoms with Gasteiger partial charge in [0.25, 0.3) is 0 Å². The predicted octanol–water partition coefficient (Wildman–Crippen LogP) is 4.09. The molecule has 0 aromatic heterocycles. The molecule has 0 fully saturated rings. The number of hydrogen-bond donors (Lipinski definition) is 0. The first-order valence-corrected chi connectivity index (χ1v) is 3.21.